The number of nitrogens with zero attached hydrogens (tertiary/aromatic N) is 2. The van der Waals surface area contributed by atoms with Crippen molar-refractivity contribution >= 4 is 23.3 Å². The average molecular weight is 338 g/mol. The van der Waals surface area contributed by atoms with E-state index in [0.29, 0.717) is 6.42 Å². The molecule has 0 aliphatic carbocycles. The predicted octanol–water partition coefficient (Wildman–Crippen LogP) is 3.46. The van der Waals surface area contributed by atoms with E-state index in [-0.39, 0.29) is 24.5 Å². The van der Waals surface area contributed by atoms with Crippen LogP contribution < -0.4 is 9.80 Å². The zero-order valence-corrected chi connectivity index (χ0v) is 14.4. The van der Waals surface area contributed by atoms with Crippen LogP contribution in [-0.2, 0) is 9.59 Å². The lowest BCUT2D eigenvalue weighted by Crippen LogP contribution is -2.46. The monoisotopic (exact) mass is 338 g/mol. The van der Waals surface area contributed by atoms with Gasteiger partial charge in [-0.1, -0.05) is 36.4 Å². The first-order valence-corrected chi connectivity index (χ1v) is 8.41. The molecule has 2 atom stereocenters. The van der Waals surface area contributed by atoms with Gasteiger partial charge in [-0.25, -0.2) is 0 Å². The summed E-state index contributed by atoms with van der Waals surface area (Å²) in [6.07, 6.45) is 0.679. The molecular formula is C20H22N2O3. The molecule has 0 fully saturated rings. The Morgan fingerprint density at radius 1 is 1.12 bits per heavy atom. The van der Waals surface area contributed by atoms with Crippen LogP contribution in [0.4, 0.5) is 11.4 Å². The first-order valence-electron chi connectivity index (χ1n) is 8.41. The minimum absolute atomic E-state index is 0.0153. The molecule has 1 heterocycles. The van der Waals surface area contributed by atoms with Crippen molar-refractivity contribution in [3.63, 3.8) is 0 Å². The maximum absolute atomic E-state index is 12.4. The SMILES string of the molecule is CC(=O)N(c1ccccc1)[C@H]1C[C@@H](C)N(CC(=O)O)c2ccccc21. The molecule has 0 saturated heterocycles. The third-order valence-corrected chi connectivity index (χ3v) is 4.69. The van der Waals surface area contributed by atoms with Gasteiger partial charge in [0.15, 0.2) is 0 Å². The number of carboxylic acid groups (broad SMARTS) is 1. The Bertz CT molecular complexity index is 776. The molecule has 2 aromatic carbocycles. The number of anilines is 2. The number of carbonyl (C=O) groups excluding carboxylic acids is 1. The molecule has 5 nitrogen and oxygen atoms in total. The van der Waals surface area contributed by atoms with Crippen LogP contribution in [0.1, 0.15) is 31.9 Å². The van der Waals surface area contributed by atoms with Crippen LogP contribution in [-0.4, -0.2) is 29.6 Å². The molecule has 2 aromatic rings. The highest BCUT2D eigenvalue weighted by Crippen LogP contribution is 2.41. The van der Waals surface area contributed by atoms with Gasteiger partial charge in [0.05, 0.1) is 6.04 Å². The molecule has 3 rings (SSSR count). The molecule has 1 amide bonds. The fourth-order valence-corrected chi connectivity index (χ4v) is 3.65. The van der Waals surface area contributed by atoms with Crippen molar-refractivity contribution in [1.29, 1.82) is 0 Å². The van der Waals surface area contributed by atoms with Gasteiger partial charge < -0.3 is 14.9 Å². The number of fused-ring (bicyclic) bond motifs is 1. The van der Waals surface area contributed by atoms with Crippen LogP contribution in [0.2, 0.25) is 0 Å². The molecule has 1 N–H and O–H groups in total. The van der Waals surface area contributed by atoms with Crippen LogP contribution in [0.25, 0.3) is 0 Å². The van der Waals surface area contributed by atoms with Crippen molar-refractivity contribution in [3.05, 3.63) is 60.2 Å². The number of hydrogen-bond acceptors (Lipinski definition) is 3. The quantitative estimate of drug-likeness (QED) is 0.927. The number of rotatable bonds is 4. The Kier molecular flexibility index (Phi) is 4.74. The predicted molar refractivity (Wildman–Crippen MR) is 97.8 cm³/mol. The van der Waals surface area contributed by atoms with Crippen molar-refractivity contribution in [3.8, 4) is 0 Å². The van der Waals surface area contributed by atoms with Gasteiger partial charge in [-0.15, -0.1) is 0 Å². The molecule has 25 heavy (non-hydrogen) atoms. The minimum Gasteiger partial charge on any atom is -0.480 e. The summed E-state index contributed by atoms with van der Waals surface area (Å²) in [5.74, 6) is -0.878. The van der Waals surface area contributed by atoms with Gasteiger partial charge in [-0.05, 0) is 37.1 Å². The second-order valence-electron chi connectivity index (χ2n) is 6.41. The van der Waals surface area contributed by atoms with Gasteiger partial charge in [-0.2, -0.15) is 0 Å². The van der Waals surface area contributed by atoms with E-state index < -0.39 is 5.97 Å². The van der Waals surface area contributed by atoms with Crippen LogP contribution >= 0.6 is 0 Å². The summed E-state index contributed by atoms with van der Waals surface area (Å²) in [5.41, 5.74) is 2.73. The van der Waals surface area contributed by atoms with E-state index in [1.54, 1.807) is 6.92 Å². The Hall–Kier alpha value is -2.82. The fraction of sp³-hybridized carbons (Fsp3) is 0.300. The van der Waals surface area contributed by atoms with E-state index >= 15 is 0 Å². The minimum atomic E-state index is -0.855. The summed E-state index contributed by atoms with van der Waals surface area (Å²) in [4.78, 5) is 27.4. The Morgan fingerprint density at radius 2 is 1.76 bits per heavy atom. The van der Waals surface area contributed by atoms with Gasteiger partial charge in [-0.3, -0.25) is 9.59 Å². The van der Waals surface area contributed by atoms with E-state index in [4.69, 9.17) is 0 Å². The number of benzene rings is 2. The molecular weight excluding hydrogens is 316 g/mol. The van der Waals surface area contributed by atoms with Crippen molar-refractivity contribution in [2.24, 2.45) is 0 Å². The molecule has 1 aliphatic heterocycles. The normalized spacial score (nSPS) is 19.2. The van der Waals surface area contributed by atoms with E-state index in [1.807, 2.05) is 71.3 Å². The van der Waals surface area contributed by atoms with Crippen LogP contribution in [0.3, 0.4) is 0 Å². The molecule has 130 valence electrons. The number of hydrogen-bond donors (Lipinski definition) is 1. The van der Waals surface area contributed by atoms with Crippen molar-refractivity contribution in [2.75, 3.05) is 16.3 Å². The van der Waals surface area contributed by atoms with Crippen molar-refractivity contribution < 1.29 is 14.7 Å². The van der Waals surface area contributed by atoms with E-state index in [0.717, 1.165) is 16.9 Å². The van der Waals surface area contributed by atoms with Crippen LogP contribution in [0, 0.1) is 0 Å². The Labute approximate surface area is 147 Å². The number of para-hydroxylation sites is 2. The van der Waals surface area contributed by atoms with Gasteiger partial charge in [0.1, 0.15) is 6.54 Å². The molecule has 0 radical (unpaired) electrons. The molecule has 0 unspecified atom stereocenters. The summed E-state index contributed by atoms with van der Waals surface area (Å²) in [6.45, 7) is 3.54. The second kappa shape index (κ2) is 6.97. The lowest BCUT2D eigenvalue weighted by atomic mass is 9.90. The lowest BCUT2D eigenvalue weighted by Gasteiger charge is -2.43. The van der Waals surface area contributed by atoms with Crippen LogP contribution in [0.5, 0.6) is 0 Å². The van der Waals surface area contributed by atoms with Gasteiger partial charge >= 0.3 is 5.97 Å². The Morgan fingerprint density at radius 3 is 2.40 bits per heavy atom. The lowest BCUT2D eigenvalue weighted by molar-refractivity contribution is -0.135. The molecule has 5 heteroatoms. The van der Waals surface area contributed by atoms with Gasteiger partial charge in [0.25, 0.3) is 0 Å². The first kappa shape index (κ1) is 17.0. The smallest absolute Gasteiger partial charge is 0.323 e. The fourth-order valence-electron chi connectivity index (χ4n) is 3.65. The topological polar surface area (TPSA) is 60.9 Å². The van der Waals surface area contributed by atoms with Crippen molar-refractivity contribution in [1.82, 2.24) is 0 Å². The standard InChI is InChI=1S/C20H22N2O3/c1-14-12-19(22(15(2)23)16-8-4-3-5-9-16)17-10-6-7-11-18(17)21(14)13-20(24)25/h3-11,14,19H,12-13H2,1-2H3,(H,24,25)/t14-,19+/m1/s1. The van der Waals surface area contributed by atoms with E-state index in [9.17, 15) is 14.7 Å². The summed E-state index contributed by atoms with van der Waals surface area (Å²) >= 11 is 0. The first-order chi connectivity index (χ1) is 12.0. The number of carboxylic acids is 1. The molecule has 0 aromatic heterocycles. The number of carbonyl (C=O) groups is 2. The second-order valence-corrected chi connectivity index (χ2v) is 6.41. The average Bonchev–Trinajstić information content (AvgIpc) is 2.59. The zero-order chi connectivity index (χ0) is 18.0. The van der Waals surface area contributed by atoms with Crippen LogP contribution in [0.15, 0.2) is 54.6 Å². The molecule has 0 saturated carbocycles. The highest BCUT2D eigenvalue weighted by atomic mass is 16.4. The maximum Gasteiger partial charge on any atom is 0.323 e. The molecule has 0 spiro atoms. The summed E-state index contributed by atoms with van der Waals surface area (Å²) in [7, 11) is 0. The number of amides is 1. The zero-order valence-electron chi connectivity index (χ0n) is 14.4. The van der Waals surface area contributed by atoms with Gasteiger partial charge in [0.2, 0.25) is 5.91 Å². The third-order valence-electron chi connectivity index (χ3n) is 4.69. The maximum atomic E-state index is 12.4. The third kappa shape index (κ3) is 3.36. The highest BCUT2D eigenvalue weighted by Gasteiger charge is 2.35. The summed E-state index contributed by atoms with van der Waals surface area (Å²) in [5, 5.41) is 9.24. The largest absolute Gasteiger partial charge is 0.480 e. The summed E-state index contributed by atoms with van der Waals surface area (Å²) in [6, 6.07) is 17.3. The highest BCUT2D eigenvalue weighted by molar-refractivity contribution is 5.93. The Balaban J connectivity index is 2.07. The summed E-state index contributed by atoms with van der Waals surface area (Å²) < 4.78 is 0. The molecule has 0 bridgehead atoms. The van der Waals surface area contributed by atoms with E-state index in [1.165, 1.54) is 0 Å². The number of aliphatic carboxylic acids is 1. The van der Waals surface area contributed by atoms with Crippen molar-refractivity contribution in [2.45, 2.75) is 32.4 Å². The molecule has 1 aliphatic rings. The van der Waals surface area contributed by atoms with E-state index in [2.05, 4.69) is 0 Å². The van der Waals surface area contributed by atoms with Gasteiger partial charge in [0, 0.05) is 24.3 Å².